The lowest BCUT2D eigenvalue weighted by Gasteiger charge is -2.08. The lowest BCUT2D eigenvalue weighted by atomic mass is 10.3. The van der Waals surface area contributed by atoms with Gasteiger partial charge in [0.1, 0.15) is 0 Å². The van der Waals surface area contributed by atoms with Crippen molar-refractivity contribution in [2.45, 2.75) is 18.2 Å². The van der Waals surface area contributed by atoms with Gasteiger partial charge in [-0.05, 0) is 19.1 Å². The Labute approximate surface area is 111 Å². The molecule has 0 heterocycles. The van der Waals surface area contributed by atoms with Gasteiger partial charge in [0, 0.05) is 11.4 Å². The third-order valence-electron chi connectivity index (χ3n) is 2.07. The van der Waals surface area contributed by atoms with E-state index in [1.54, 1.807) is 25.1 Å². The summed E-state index contributed by atoms with van der Waals surface area (Å²) in [6, 6.07) is 6.77. The van der Waals surface area contributed by atoms with E-state index in [4.69, 9.17) is 4.74 Å². The van der Waals surface area contributed by atoms with Crippen LogP contribution < -0.4 is 10.6 Å². The molecule has 2 N–H and O–H groups in total. The molecule has 0 bridgehead atoms. The van der Waals surface area contributed by atoms with E-state index < -0.39 is 0 Å². The minimum atomic E-state index is -0.374. The van der Waals surface area contributed by atoms with Crippen molar-refractivity contribution >= 4 is 30.3 Å². The molecule has 0 unspecified atom stereocenters. The van der Waals surface area contributed by atoms with Crippen molar-refractivity contribution in [2.24, 2.45) is 0 Å². The highest BCUT2D eigenvalue weighted by atomic mass is 32.1. The third-order valence-corrected chi connectivity index (χ3v) is 2.46. The second-order valence-corrected chi connectivity index (χ2v) is 3.93. The Kier molecular flexibility index (Phi) is 6.07. The van der Waals surface area contributed by atoms with Crippen LogP contribution in [0, 0.1) is 0 Å². The average molecular weight is 268 g/mol. The van der Waals surface area contributed by atoms with E-state index in [0.717, 1.165) is 0 Å². The zero-order valence-corrected chi connectivity index (χ0v) is 11.0. The van der Waals surface area contributed by atoms with Gasteiger partial charge in [0.2, 0.25) is 0 Å². The molecule has 0 atom stereocenters. The number of benzene rings is 1. The molecule has 0 aliphatic rings. The Morgan fingerprint density at radius 1 is 1.33 bits per heavy atom. The smallest absolute Gasteiger partial charge is 0.319 e. The van der Waals surface area contributed by atoms with Gasteiger partial charge in [0.25, 0.3) is 0 Å². The van der Waals surface area contributed by atoms with Crippen LogP contribution in [0.4, 0.5) is 10.5 Å². The molecule has 0 aliphatic carbocycles. The van der Waals surface area contributed by atoms with Crippen molar-refractivity contribution in [1.82, 2.24) is 5.32 Å². The molecule has 0 radical (unpaired) electrons. The van der Waals surface area contributed by atoms with Crippen LogP contribution in [0.25, 0.3) is 0 Å². The molecule has 0 aliphatic heterocycles. The third kappa shape index (κ3) is 5.09. The largest absolute Gasteiger partial charge is 0.466 e. The molecule has 0 saturated carbocycles. The molecule has 1 aromatic carbocycles. The normalized spacial score (nSPS) is 9.67. The van der Waals surface area contributed by atoms with Gasteiger partial charge in [-0.25, -0.2) is 4.79 Å². The molecule has 0 aromatic heterocycles. The lowest BCUT2D eigenvalue weighted by molar-refractivity contribution is -0.142. The molecule has 0 spiro atoms. The number of anilines is 1. The first kappa shape index (κ1) is 14.4. The Hall–Kier alpha value is -1.69. The van der Waals surface area contributed by atoms with Crippen molar-refractivity contribution in [3.05, 3.63) is 24.3 Å². The van der Waals surface area contributed by atoms with E-state index in [9.17, 15) is 9.59 Å². The Bertz CT molecular complexity index is 424. The van der Waals surface area contributed by atoms with E-state index in [1.165, 1.54) is 0 Å². The fourth-order valence-electron chi connectivity index (χ4n) is 1.26. The number of urea groups is 1. The molecule has 18 heavy (non-hydrogen) atoms. The van der Waals surface area contributed by atoms with E-state index in [1.807, 2.05) is 6.07 Å². The highest BCUT2D eigenvalue weighted by molar-refractivity contribution is 7.80. The number of hydrogen-bond acceptors (Lipinski definition) is 4. The van der Waals surface area contributed by atoms with Gasteiger partial charge in [-0.2, -0.15) is 0 Å². The molecular weight excluding hydrogens is 252 g/mol. The van der Waals surface area contributed by atoms with Crippen molar-refractivity contribution in [3.8, 4) is 0 Å². The van der Waals surface area contributed by atoms with Crippen LogP contribution in [-0.4, -0.2) is 25.2 Å². The van der Waals surface area contributed by atoms with Crippen LogP contribution in [0.15, 0.2) is 29.2 Å². The first-order valence-electron chi connectivity index (χ1n) is 5.62. The van der Waals surface area contributed by atoms with E-state index in [-0.39, 0.29) is 25.0 Å². The number of amides is 2. The van der Waals surface area contributed by atoms with Gasteiger partial charge in [-0.1, -0.05) is 12.1 Å². The summed E-state index contributed by atoms with van der Waals surface area (Å²) in [5.74, 6) is -0.326. The van der Waals surface area contributed by atoms with Crippen LogP contribution in [0.2, 0.25) is 0 Å². The van der Waals surface area contributed by atoms with E-state index in [2.05, 4.69) is 23.3 Å². The quantitative estimate of drug-likeness (QED) is 0.565. The number of para-hydroxylation sites is 1. The summed E-state index contributed by atoms with van der Waals surface area (Å²) < 4.78 is 4.74. The van der Waals surface area contributed by atoms with Crippen molar-refractivity contribution in [3.63, 3.8) is 0 Å². The second kappa shape index (κ2) is 7.60. The maximum Gasteiger partial charge on any atom is 0.319 e. The van der Waals surface area contributed by atoms with Crippen LogP contribution in [0.3, 0.4) is 0 Å². The summed E-state index contributed by atoms with van der Waals surface area (Å²) >= 11 is 4.21. The predicted molar refractivity (Wildman–Crippen MR) is 72.0 cm³/mol. The summed E-state index contributed by atoms with van der Waals surface area (Å²) in [5.41, 5.74) is 0.620. The minimum absolute atomic E-state index is 0.157. The molecule has 0 fully saturated rings. The predicted octanol–water partition coefficient (Wildman–Crippen LogP) is 2.05. The zero-order chi connectivity index (χ0) is 13.4. The van der Waals surface area contributed by atoms with Crippen LogP contribution in [-0.2, 0) is 9.53 Å². The molecule has 98 valence electrons. The topological polar surface area (TPSA) is 67.4 Å². The van der Waals surface area contributed by atoms with Crippen molar-refractivity contribution in [1.29, 1.82) is 0 Å². The fourth-order valence-corrected chi connectivity index (χ4v) is 1.47. The van der Waals surface area contributed by atoms with E-state index >= 15 is 0 Å². The number of rotatable bonds is 5. The number of nitrogens with one attached hydrogen (secondary N) is 2. The molecule has 0 saturated heterocycles. The summed E-state index contributed by atoms with van der Waals surface area (Å²) in [4.78, 5) is 23.2. The van der Waals surface area contributed by atoms with Crippen LogP contribution >= 0.6 is 12.6 Å². The number of hydrogen-bond donors (Lipinski definition) is 3. The highest BCUT2D eigenvalue weighted by Gasteiger charge is 2.05. The zero-order valence-electron chi connectivity index (χ0n) is 10.1. The monoisotopic (exact) mass is 268 g/mol. The first-order valence-corrected chi connectivity index (χ1v) is 6.06. The maximum absolute atomic E-state index is 11.5. The molecule has 2 amide bonds. The van der Waals surface area contributed by atoms with Gasteiger partial charge >= 0.3 is 12.0 Å². The van der Waals surface area contributed by atoms with Crippen LogP contribution in [0.1, 0.15) is 13.3 Å². The Morgan fingerprint density at radius 2 is 2.06 bits per heavy atom. The number of thiol groups is 1. The Morgan fingerprint density at radius 3 is 2.72 bits per heavy atom. The summed E-state index contributed by atoms with van der Waals surface area (Å²) in [5, 5.41) is 5.20. The number of esters is 1. The maximum atomic E-state index is 11.5. The fraction of sp³-hybridized carbons (Fsp3) is 0.333. The second-order valence-electron chi connectivity index (χ2n) is 3.45. The number of carbonyl (C=O) groups excluding carboxylic acids is 2. The lowest BCUT2D eigenvalue weighted by Crippen LogP contribution is -2.31. The van der Waals surface area contributed by atoms with Gasteiger partial charge in [0.05, 0.1) is 18.7 Å². The van der Waals surface area contributed by atoms with Crippen LogP contribution in [0.5, 0.6) is 0 Å². The van der Waals surface area contributed by atoms with Crippen molar-refractivity contribution < 1.29 is 14.3 Å². The average Bonchev–Trinajstić information content (AvgIpc) is 2.32. The molecule has 5 nitrogen and oxygen atoms in total. The van der Waals surface area contributed by atoms with Crippen molar-refractivity contribution in [2.75, 3.05) is 18.5 Å². The summed E-state index contributed by atoms with van der Waals surface area (Å²) in [7, 11) is 0. The Balaban J connectivity index is 2.30. The molecule has 1 aromatic rings. The van der Waals surface area contributed by atoms with Gasteiger partial charge in [-0.15, -0.1) is 12.6 Å². The minimum Gasteiger partial charge on any atom is -0.466 e. The summed E-state index contributed by atoms with van der Waals surface area (Å²) in [6.45, 7) is 2.32. The number of ether oxygens (including phenoxy) is 1. The number of carbonyl (C=O) groups is 2. The SMILES string of the molecule is CCOC(=O)CCNC(=O)Nc1ccccc1S. The van der Waals surface area contributed by atoms with Gasteiger partial charge < -0.3 is 15.4 Å². The van der Waals surface area contributed by atoms with Gasteiger partial charge in [0.15, 0.2) is 0 Å². The van der Waals surface area contributed by atoms with Gasteiger partial charge in [-0.3, -0.25) is 4.79 Å². The summed E-state index contributed by atoms with van der Waals surface area (Å²) in [6.07, 6.45) is 0.157. The molecule has 1 rings (SSSR count). The first-order chi connectivity index (χ1) is 8.63. The standard InChI is InChI=1S/C12H16N2O3S/c1-2-17-11(15)7-8-13-12(16)14-9-5-3-4-6-10(9)18/h3-6,18H,2,7-8H2,1H3,(H2,13,14,16). The molecule has 6 heteroatoms. The molecular formula is C12H16N2O3S. The highest BCUT2D eigenvalue weighted by Crippen LogP contribution is 2.17. The van der Waals surface area contributed by atoms with E-state index in [0.29, 0.717) is 17.2 Å².